The average molecular weight is 383 g/mol. The van der Waals surface area contributed by atoms with Crippen LogP contribution in [0.3, 0.4) is 0 Å². The molecule has 150 valence electrons. The van der Waals surface area contributed by atoms with Crippen LogP contribution in [0.1, 0.15) is 88.9 Å². The molecule has 3 amide bonds. The summed E-state index contributed by atoms with van der Waals surface area (Å²) in [5.41, 5.74) is 7.08. The van der Waals surface area contributed by atoms with Crippen LogP contribution < -0.4 is 11.1 Å². The minimum absolute atomic E-state index is 0.00835. The highest BCUT2D eigenvalue weighted by Gasteiger charge is 2.40. The fourth-order valence-electron chi connectivity index (χ4n) is 5.00. The van der Waals surface area contributed by atoms with Crippen LogP contribution in [0.2, 0.25) is 0 Å². The SMILES string of the molecule is NCC1CCCCC1NC(=O)c1ccc2c(c1)C(=O)N(C1CCCCC1)C2=O. The number of nitrogens with two attached hydrogens (primary N) is 1. The van der Waals surface area contributed by atoms with Crippen molar-refractivity contribution in [3.05, 3.63) is 34.9 Å². The highest BCUT2D eigenvalue weighted by Crippen LogP contribution is 2.31. The van der Waals surface area contributed by atoms with Crippen molar-refractivity contribution in [3.63, 3.8) is 0 Å². The zero-order chi connectivity index (χ0) is 19.7. The van der Waals surface area contributed by atoms with Crippen LogP contribution in [0, 0.1) is 5.92 Å². The number of benzene rings is 1. The summed E-state index contributed by atoms with van der Waals surface area (Å²) >= 11 is 0. The fraction of sp³-hybridized carbons (Fsp3) is 0.591. The highest BCUT2D eigenvalue weighted by molar-refractivity contribution is 6.22. The molecular weight excluding hydrogens is 354 g/mol. The van der Waals surface area contributed by atoms with Crippen molar-refractivity contribution in [3.8, 4) is 0 Å². The first kappa shape index (κ1) is 19.1. The van der Waals surface area contributed by atoms with Gasteiger partial charge in [-0.15, -0.1) is 0 Å². The summed E-state index contributed by atoms with van der Waals surface area (Å²) in [5, 5.41) is 3.10. The molecular formula is C22H29N3O3. The van der Waals surface area contributed by atoms with Crippen LogP contribution in [0.15, 0.2) is 18.2 Å². The van der Waals surface area contributed by atoms with E-state index >= 15 is 0 Å². The summed E-state index contributed by atoms with van der Waals surface area (Å²) in [6.45, 7) is 0.568. The number of hydrogen-bond acceptors (Lipinski definition) is 4. The first-order valence-corrected chi connectivity index (χ1v) is 10.6. The Morgan fingerprint density at radius 1 is 0.964 bits per heavy atom. The predicted molar refractivity (Wildman–Crippen MR) is 106 cm³/mol. The summed E-state index contributed by atoms with van der Waals surface area (Å²) in [6.07, 6.45) is 9.23. The number of carbonyl (C=O) groups excluding carboxylic acids is 3. The van der Waals surface area contributed by atoms with Crippen molar-refractivity contribution >= 4 is 17.7 Å². The van der Waals surface area contributed by atoms with Crippen molar-refractivity contribution in [2.24, 2.45) is 11.7 Å². The van der Waals surface area contributed by atoms with Crippen LogP contribution >= 0.6 is 0 Å². The molecule has 2 aliphatic carbocycles. The Bertz CT molecular complexity index is 785. The van der Waals surface area contributed by atoms with Crippen LogP contribution in [0.25, 0.3) is 0 Å². The van der Waals surface area contributed by atoms with Gasteiger partial charge in [0.25, 0.3) is 17.7 Å². The van der Waals surface area contributed by atoms with Crippen LogP contribution in [0.4, 0.5) is 0 Å². The number of hydrogen-bond donors (Lipinski definition) is 2. The fourth-order valence-corrected chi connectivity index (χ4v) is 5.00. The molecule has 1 aliphatic heterocycles. The maximum atomic E-state index is 12.9. The Balaban J connectivity index is 1.52. The summed E-state index contributed by atoms with van der Waals surface area (Å²) < 4.78 is 0. The molecule has 2 fully saturated rings. The molecule has 4 rings (SSSR count). The summed E-state index contributed by atoms with van der Waals surface area (Å²) in [6, 6.07) is 4.95. The average Bonchev–Trinajstić information content (AvgIpc) is 2.99. The van der Waals surface area contributed by atoms with Crippen molar-refractivity contribution in [1.29, 1.82) is 0 Å². The lowest BCUT2D eigenvalue weighted by molar-refractivity contribution is 0.0548. The van der Waals surface area contributed by atoms with Gasteiger partial charge in [-0.1, -0.05) is 32.1 Å². The topological polar surface area (TPSA) is 92.5 Å². The monoisotopic (exact) mass is 383 g/mol. The van der Waals surface area contributed by atoms with E-state index in [0.29, 0.717) is 29.2 Å². The second-order valence-electron chi connectivity index (χ2n) is 8.39. The Kier molecular flexibility index (Phi) is 5.49. The van der Waals surface area contributed by atoms with Gasteiger partial charge in [0, 0.05) is 17.6 Å². The van der Waals surface area contributed by atoms with Crippen molar-refractivity contribution in [2.75, 3.05) is 6.54 Å². The van der Waals surface area contributed by atoms with Gasteiger partial charge in [0.05, 0.1) is 11.1 Å². The van der Waals surface area contributed by atoms with E-state index in [2.05, 4.69) is 5.32 Å². The van der Waals surface area contributed by atoms with E-state index in [9.17, 15) is 14.4 Å². The first-order valence-electron chi connectivity index (χ1n) is 10.6. The van der Waals surface area contributed by atoms with E-state index in [4.69, 9.17) is 5.73 Å². The molecule has 1 aromatic rings. The summed E-state index contributed by atoms with van der Waals surface area (Å²) in [5.74, 6) is -0.352. The number of carbonyl (C=O) groups is 3. The van der Waals surface area contributed by atoms with Gasteiger partial charge in [0.15, 0.2) is 0 Å². The number of nitrogens with zero attached hydrogens (tertiary/aromatic N) is 1. The first-order chi connectivity index (χ1) is 13.6. The molecule has 1 aromatic carbocycles. The number of amides is 3. The molecule has 0 radical (unpaired) electrons. The lowest BCUT2D eigenvalue weighted by atomic mass is 9.84. The van der Waals surface area contributed by atoms with Gasteiger partial charge in [-0.3, -0.25) is 19.3 Å². The Hall–Kier alpha value is -2.21. The third-order valence-corrected chi connectivity index (χ3v) is 6.65. The van der Waals surface area contributed by atoms with E-state index in [1.807, 2.05) is 0 Å². The highest BCUT2D eigenvalue weighted by atomic mass is 16.2. The molecule has 0 saturated heterocycles. The van der Waals surface area contributed by atoms with Gasteiger partial charge >= 0.3 is 0 Å². The quantitative estimate of drug-likeness (QED) is 0.782. The second-order valence-corrected chi connectivity index (χ2v) is 8.39. The van der Waals surface area contributed by atoms with Gasteiger partial charge in [-0.25, -0.2) is 0 Å². The maximum Gasteiger partial charge on any atom is 0.261 e. The molecule has 1 heterocycles. The molecule has 6 nitrogen and oxygen atoms in total. The van der Waals surface area contributed by atoms with E-state index in [0.717, 1.165) is 57.8 Å². The maximum absolute atomic E-state index is 12.9. The Morgan fingerprint density at radius 3 is 2.39 bits per heavy atom. The molecule has 2 saturated carbocycles. The van der Waals surface area contributed by atoms with Gasteiger partial charge in [0.2, 0.25) is 0 Å². The van der Waals surface area contributed by atoms with Crippen LogP contribution in [0.5, 0.6) is 0 Å². The van der Waals surface area contributed by atoms with E-state index in [-0.39, 0.29) is 29.8 Å². The molecule has 3 N–H and O–H groups in total. The number of nitrogens with one attached hydrogen (secondary N) is 1. The van der Waals surface area contributed by atoms with Crippen molar-refractivity contribution in [2.45, 2.75) is 69.9 Å². The van der Waals surface area contributed by atoms with Crippen molar-refractivity contribution in [1.82, 2.24) is 10.2 Å². The predicted octanol–water partition coefficient (Wildman–Crippen LogP) is 2.86. The Morgan fingerprint density at radius 2 is 1.64 bits per heavy atom. The number of imide groups is 1. The molecule has 3 aliphatic rings. The van der Waals surface area contributed by atoms with E-state index in [1.165, 1.54) is 4.90 Å². The summed E-state index contributed by atoms with van der Waals surface area (Å²) in [4.78, 5) is 39.9. The molecule has 0 aromatic heterocycles. The normalized spacial score (nSPS) is 25.7. The minimum atomic E-state index is -0.251. The lowest BCUT2D eigenvalue weighted by Crippen LogP contribution is -2.44. The minimum Gasteiger partial charge on any atom is -0.349 e. The van der Waals surface area contributed by atoms with Gasteiger partial charge < -0.3 is 11.1 Å². The molecule has 28 heavy (non-hydrogen) atoms. The molecule has 2 atom stereocenters. The molecule has 2 unspecified atom stereocenters. The number of fused-ring (bicyclic) bond motifs is 1. The van der Waals surface area contributed by atoms with Gasteiger partial charge in [-0.05, 0) is 56.3 Å². The Labute approximate surface area is 165 Å². The largest absolute Gasteiger partial charge is 0.349 e. The molecule has 6 heteroatoms. The molecule has 0 spiro atoms. The van der Waals surface area contributed by atoms with Crippen LogP contribution in [-0.4, -0.2) is 41.2 Å². The van der Waals surface area contributed by atoms with E-state index in [1.54, 1.807) is 18.2 Å². The van der Waals surface area contributed by atoms with Gasteiger partial charge in [-0.2, -0.15) is 0 Å². The molecule has 0 bridgehead atoms. The third kappa shape index (κ3) is 3.46. The smallest absolute Gasteiger partial charge is 0.261 e. The zero-order valence-electron chi connectivity index (χ0n) is 16.3. The summed E-state index contributed by atoms with van der Waals surface area (Å²) in [7, 11) is 0. The lowest BCUT2D eigenvalue weighted by Gasteiger charge is -2.31. The van der Waals surface area contributed by atoms with Crippen LogP contribution in [-0.2, 0) is 0 Å². The second kappa shape index (κ2) is 8.03. The number of rotatable bonds is 4. The third-order valence-electron chi connectivity index (χ3n) is 6.65. The standard InChI is InChI=1S/C22H29N3O3/c23-13-15-6-4-5-9-19(15)24-20(26)14-10-11-17-18(12-14)22(28)25(21(17)27)16-7-2-1-3-8-16/h10-12,15-16,19H,1-9,13,23H2,(H,24,26). The van der Waals surface area contributed by atoms with E-state index < -0.39 is 0 Å². The zero-order valence-corrected chi connectivity index (χ0v) is 16.3. The van der Waals surface area contributed by atoms with Crippen molar-refractivity contribution < 1.29 is 14.4 Å². The van der Waals surface area contributed by atoms with Gasteiger partial charge in [0.1, 0.15) is 0 Å².